The fourth-order valence-corrected chi connectivity index (χ4v) is 2.88. The lowest BCUT2D eigenvalue weighted by Crippen LogP contribution is -2.12. The number of imidazole rings is 1. The summed E-state index contributed by atoms with van der Waals surface area (Å²) in [4.78, 5) is 19.6. The van der Waals surface area contributed by atoms with E-state index in [-0.39, 0.29) is 0 Å². The van der Waals surface area contributed by atoms with Crippen molar-refractivity contribution < 1.29 is 4.74 Å². The number of anilines is 2. The van der Waals surface area contributed by atoms with Crippen LogP contribution in [0.3, 0.4) is 0 Å². The molecule has 8 nitrogen and oxygen atoms in total. The van der Waals surface area contributed by atoms with Crippen molar-refractivity contribution in [2.45, 2.75) is 6.54 Å². The highest BCUT2D eigenvalue weighted by Gasteiger charge is 2.15. The van der Waals surface area contributed by atoms with Gasteiger partial charge in [-0.15, -0.1) is 0 Å². The van der Waals surface area contributed by atoms with Crippen LogP contribution in [-0.2, 0) is 6.54 Å². The topological polar surface area (TPSA) is 80.5 Å². The SMILES string of the molecule is COc1ccc(CNc2c(-c3cnc(N(C)C)nc3)nc3cnccn23)cc1. The zero-order chi connectivity index (χ0) is 19.5. The van der Waals surface area contributed by atoms with Gasteiger partial charge >= 0.3 is 0 Å². The van der Waals surface area contributed by atoms with Gasteiger partial charge in [0.2, 0.25) is 5.95 Å². The van der Waals surface area contributed by atoms with Gasteiger partial charge in [0.1, 0.15) is 17.3 Å². The van der Waals surface area contributed by atoms with E-state index in [9.17, 15) is 0 Å². The number of ether oxygens (including phenoxy) is 1. The lowest BCUT2D eigenvalue weighted by atomic mass is 10.2. The maximum absolute atomic E-state index is 5.22. The van der Waals surface area contributed by atoms with E-state index in [2.05, 4.69) is 20.3 Å². The fraction of sp³-hybridized carbons (Fsp3) is 0.200. The Bertz CT molecular complexity index is 1070. The summed E-state index contributed by atoms with van der Waals surface area (Å²) in [7, 11) is 5.48. The van der Waals surface area contributed by atoms with Gasteiger partial charge in [-0.2, -0.15) is 0 Å². The Morgan fingerprint density at radius 1 is 1.07 bits per heavy atom. The molecule has 0 radical (unpaired) electrons. The third-order valence-electron chi connectivity index (χ3n) is 4.36. The van der Waals surface area contributed by atoms with Crippen LogP contribution in [0.25, 0.3) is 16.9 Å². The molecule has 4 rings (SSSR count). The second-order valence-corrected chi connectivity index (χ2v) is 6.48. The molecule has 8 heteroatoms. The molecule has 0 aliphatic rings. The lowest BCUT2D eigenvalue weighted by Gasteiger charge is -2.11. The normalized spacial score (nSPS) is 10.8. The number of hydrogen-bond donors (Lipinski definition) is 1. The molecule has 4 aromatic rings. The molecule has 1 aromatic carbocycles. The number of aromatic nitrogens is 5. The van der Waals surface area contributed by atoms with Gasteiger partial charge in [-0.1, -0.05) is 12.1 Å². The van der Waals surface area contributed by atoms with Crippen molar-refractivity contribution in [1.82, 2.24) is 24.3 Å². The van der Waals surface area contributed by atoms with Crippen LogP contribution in [0, 0.1) is 0 Å². The maximum Gasteiger partial charge on any atom is 0.224 e. The van der Waals surface area contributed by atoms with Crippen LogP contribution < -0.4 is 15.0 Å². The first-order valence-corrected chi connectivity index (χ1v) is 8.84. The molecule has 0 atom stereocenters. The smallest absolute Gasteiger partial charge is 0.224 e. The number of rotatable bonds is 6. The summed E-state index contributed by atoms with van der Waals surface area (Å²) in [6.45, 7) is 0.643. The second kappa shape index (κ2) is 7.51. The lowest BCUT2D eigenvalue weighted by molar-refractivity contribution is 0.414. The van der Waals surface area contributed by atoms with Gasteiger partial charge in [-0.25, -0.2) is 15.0 Å². The van der Waals surface area contributed by atoms with Gasteiger partial charge in [-0.05, 0) is 17.7 Å². The minimum Gasteiger partial charge on any atom is -0.497 e. The van der Waals surface area contributed by atoms with Gasteiger partial charge in [-0.3, -0.25) is 9.38 Å². The minimum atomic E-state index is 0.643. The predicted octanol–water partition coefficient (Wildman–Crippen LogP) is 2.87. The summed E-state index contributed by atoms with van der Waals surface area (Å²) in [6, 6.07) is 7.96. The van der Waals surface area contributed by atoms with E-state index in [0.717, 1.165) is 34.0 Å². The van der Waals surface area contributed by atoms with Crippen LogP contribution in [0.15, 0.2) is 55.2 Å². The molecule has 0 aliphatic carbocycles. The zero-order valence-electron chi connectivity index (χ0n) is 16.0. The van der Waals surface area contributed by atoms with Crippen molar-refractivity contribution in [1.29, 1.82) is 0 Å². The summed E-state index contributed by atoms with van der Waals surface area (Å²) in [5, 5.41) is 3.49. The average molecular weight is 375 g/mol. The van der Waals surface area contributed by atoms with E-state index in [1.165, 1.54) is 0 Å². The molecule has 0 unspecified atom stereocenters. The third kappa shape index (κ3) is 3.44. The molecule has 0 saturated carbocycles. The molecule has 3 heterocycles. The van der Waals surface area contributed by atoms with Crippen molar-refractivity contribution in [3.05, 3.63) is 60.8 Å². The van der Waals surface area contributed by atoms with Gasteiger partial charge in [0.15, 0.2) is 5.65 Å². The Labute approximate surface area is 162 Å². The summed E-state index contributed by atoms with van der Waals surface area (Å²) >= 11 is 0. The molecular formula is C20H21N7O. The van der Waals surface area contributed by atoms with Gasteiger partial charge < -0.3 is 15.0 Å². The molecule has 28 heavy (non-hydrogen) atoms. The van der Waals surface area contributed by atoms with E-state index in [1.54, 1.807) is 31.9 Å². The Kier molecular flexibility index (Phi) is 4.76. The molecule has 0 spiro atoms. The van der Waals surface area contributed by atoms with Gasteiger partial charge in [0, 0.05) is 51.0 Å². The number of nitrogens with one attached hydrogen (secondary N) is 1. The van der Waals surface area contributed by atoms with Crippen LogP contribution in [0.1, 0.15) is 5.56 Å². The van der Waals surface area contributed by atoms with Crippen LogP contribution in [-0.4, -0.2) is 45.5 Å². The highest BCUT2D eigenvalue weighted by molar-refractivity contribution is 5.75. The summed E-state index contributed by atoms with van der Waals surface area (Å²) in [5.74, 6) is 2.36. The molecule has 0 saturated heterocycles. The number of fused-ring (bicyclic) bond motifs is 1. The third-order valence-corrected chi connectivity index (χ3v) is 4.36. The Morgan fingerprint density at radius 3 is 2.50 bits per heavy atom. The van der Waals surface area contributed by atoms with E-state index in [1.807, 2.05) is 53.9 Å². The molecule has 0 fully saturated rings. The minimum absolute atomic E-state index is 0.643. The van der Waals surface area contributed by atoms with Crippen LogP contribution in [0.4, 0.5) is 11.8 Å². The van der Waals surface area contributed by atoms with Crippen molar-refractivity contribution >= 4 is 17.4 Å². The standard InChI is InChI=1S/C20H21N7O/c1-26(2)20-23-11-15(12-24-20)18-19(27-9-8-21-13-17(27)25-18)22-10-14-4-6-16(28-3)7-5-14/h4-9,11-13,22H,10H2,1-3H3. The summed E-state index contributed by atoms with van der Waals surface area (Å²) in [6.07, 6.45) is 8.93. The zero-order valence-corrected chi connectivity index (χ0v) is 16.0. The van der Waals surface area contributed by atoms with E-state index < -0.39 is 0 Å². The summed E-state index contributed by atoms with van der Waals surface area (Å²) in [5.41, 5.74) is 3.51. The predicted molar refractivity (Wildman–Crippen MR) is 109 cm³/mol. The van der Waals surface area contributed by atoms with Gasteiger partial charge in [0.25, 0.3) is 0 Å². The number of hydrogen-bond acceptors (Lipinski definition) is 7. The molecule has 0 amide bonds. The van der Waals surface area contributed by atoms with Crippen molar-refractivity contribution in [2.24, 2.45) is 0 Å². The first kappa shape index (κ1) is 17.7. The molecule has 0 aliphatic heterocycles. The molecule has 3 aromatic heterocycles. The van der Waals surface area contributed by atoms with Crippen molar-refractivity contribution in [2.75, 3.05) is 31.4 Å². The molecular weight excluding hydrogens is 354 g/mol. The Balaban J connectivity index is 1.68. The van der Waals surface area contributed by atoms with Crippen LogP contribution in [0.5, 0.6) is 5.75 Å². The monoisotopic (exact) mass is 375 g/mol. The second-order valence-electron chi connectivity index (χ2n) is 6.48. The molecule has 1 N–H and O–H groups in total. The van der Waals surface area contributed by atoms with Crippen molar-refractivity contribution in [3.8, 4) is 17.0 Å². The molecule has 0 bridgehead atoms. The number of methoxy groups -OCH3 is 1. The highest BCUT2D eigenvalue weighted by atomic mass is 16.5. The average Bonchev–Trinajstić information content (AvgIpc) is 3.11. The Morgan fingerprint density at radius 2 is 1.82 bits per heavy atom. The van der Waals surface area contributed by atoms with E-state index >= 15 is 0 Å². The van der Waals surface area contributed by atoms with Crippen LogP contribution in [0.2, 0.25) is 0 Å². The number of benzene rings is 1. The van der Waals surface area contributed by atoms with Crippen molar-refractivity contribution in [3.63, 3.8) is 0 Å². The van der Waals surface area contributed by atoms with E-state index in [0.29, 0.717) is 12.5 Å². The summed E-state index contributed by atoms with van der Waals surface area (Å²) < 4.78 is 7.20. The largest absolute Gasteiger partial charge is 0.497 e. The highest BCUT2D eigenvalue weighted by Crippen LogP contribution is 2.28. The molecule has 142 valence electrons. The first-order valence-electron chi connectivity index (χ1n) is 8.84. The van der Waals surface area contributed by atoms with Crippen LogP contribution >= 0.6 is 0 Å². The quantitative estimate of drug-likeness (QED) is 0.555. The van der Waals surface area contributed by atoms with E-state index in [4.69, 9.17) is 9.72 Å². The maximum atomic E-state index is 5.22. The first-order chi connectivity index (χ1) is 13.7. The van der Waals surface area contributed by atoms with Gasteiger partial charge in [0.05, 0.1) is 13.3 Å². The number of nitrogens with zero attached hydrogens (tertiary/aromatic N) is 6. The fourth-order valence-electron chi connectivity index (χ4n) is 2.88. The Hall–Kier alpha value is -3.68.